The maximum atomic E-state index is 14.3. The molecule has 0 N–H and O–H groups in total. The topological polar surface area (TPSA) is 118 Å². The van der Waals surface area contributed by atoms with Gasteiger partial charge in [0.05, 0.1) is 32.9 Å². The van der Waals surface area contributed by atoms with Gasteiger partial charge in [-0.15, -0.1) is 4.47 Å². The SMILES string of the molecule is CCc1ccc(OC)c(S(=O)(=O)N(OCc2ccc(OC)cc2OC)c2noc3c(-c4cnn(C)c4)cccc23)c1. The Kier molecular flexibility index (Phi) is 7.86. The van der Waals surface area contributed by atoms with Gasteiger partial charge in [0.15, 0.2) is 5.58 Å². The predicted molar refractivity (Wildman–Crippen MR) is 153 cm³/mol. The summed E-state index contributed by atoms with van der Waals surface area (Å²) in [5.74, 6) is 1.18. The molecule has 3 aromatic carbocycles. The van der Waals surface area contributed by atoms with Gasteiger partial charge in [0.25, 0.3) is 10.0 Å². The molecule has 5 aromatic rings. The second-order valence-corrected chi connectivity index (χ2v) is 10.8. The molecule has 0 saturated heterocycles. The van der Waals surface area contributed by atoms with E-state index in [1.165, 1.54) is 14.2 Å². The molecule has 214 valence electrons. The van der Waals surface area contributed by atoms with Crippen molar-refractivity contribution in [3.63, 3.8) is 0 Å². The van der Waals surface area contributed by atoms with E-state index in [-0.39, 0.29) is 23.1 Å². The fourth-order valence-corrected chi connectivity index (χ4v) is 5.88. The zero-order chi connectivity index (χ0) is 29.1. The number of aryl methyl sites for hydroxylation is 2. The molecule has 0 amide bonds. The van der Waals surface area contributed by atoms with Gasteiger partial charge < -0.3 is 18.7 Å². The highest BCUT2D eigenvalue weighted by Crippen LogP contribution is 2.38. The third-order valence-electron chi connectivity index (χ3n) is 6.63. The Morgan fingerprint density at radius 1 is 0.976 bits per heavy atom. The van der Waals surface area contributed by atoms with Crippen LogP contribution in [0.5, 0.6) is 17.2 Å². The first-order valence-electron chi connectivity index (χ1n) is 12.7. The average molecular weight is 579 g/mol. The number of aromatic nitrogens is 3. The van der Waals surface area contributed by atoms with Crippen molar-refractivity contribution in [1.82, 2.24) is 14.9 Å². The van der Waals surface area contributed by atoms with E-state index in [1.807, 2.05) is 32.3 Å². The zero-order valence-corrected chi connectivity index (χ0v) is 24.1. The fraction of sp³-hybridized carbons (Fsp3) is 0.241. The smallest absolute Gasteiger partial charge is 0.292 e. The number of methoxy groups -OCH3 is 3. The van der Waals surface area contributed by atoms with Crippen LogP contribution in [0.1, 0.15) is 18.1 Å². The third kappa shape index (κ3) is 5.31. The maximum Gasteiger partial charge on any atom is 0.292 e. The zero-order valence-electron chi connectivity index (χ0n) is 23.3. The number of hydrogen-bond acceptors (Lipinski definition) is 9. The Balaban J connectivity index is 1.65. The number of sulfonamides is 1. The van der Waals surface area contributed by atoms with Crippen LogP contribution in [0.15, 0.2) is 76.4 Å². The van der Waals surface area contributed by atoms with E-state index in [4.69, 9.17) is 23.6 Å². The van der Waals surface area contributed by atoms with Crippen molar-refractivity contribution in [1.29, 1.82) is 0 Å². The monoisotopic (exact) mass is 578 g/mol. The molecule has 0 aliphatic heterocycles. The Hall–Kier alpha value is -4.55. The molecule has 0 atom stereocenters. The van der Waals surface area contributed by atoms with E-state index in [0.29, 0.717) is 40.0 Å². The van der Waals surface area contributed by atoms with Crippen LogP contribution in [-0.2, 0) is 34.9 Å². The summed E-state index contributed by atoms with van der Waals surface area (Å²) in [4.78, 5) is 6.00. The summed E-state index contributed by atoms with van der Waals surface area (Å²) in [5.41, 5.74) is 3.28. The highest BCUT2D eigenvalue weighted by molar-refractivity contribution is 7.92. The summed E-state index contributed by atoms with van der Waals surface area (Å²) in [6, 6.07) is 15.5. The lowest BCUT2D eigenvalue weighted by Crippen LogP contribution is -2.32. The first-order valence-corrected chi connectivity index (χ1v) is 14.2. The van der Waals surface area contributed by atoms with Crippen LogP contribution in [0, 0.1) is 0 Å². The Bertz CT molecular complexity index is 1800. The molecule has 0 saturated carbocycles. The predicted octanol–water partition coefficient (Wildman–Crippen LogP) is 5.14. The molecule has 41 heavy (non-hydrogen) atoms. The molecule has 12 heteroatoms. The largest absolute Gasteiger partial charge is 0.497 e. The van der Waals surface area contributed by atoms with Crippen molar-refractivity contribution in [3.05, 3.63) is 78.1 Å². The number of benzene rings is 3. The van der Waals surface area contributed by atoms with E-state index in [9.17, 15) is 8.42 Å². The van der Waals surface area contributed by atoms with Gasteiger partial charge in [-0.2, -0.15) is 13.5 Å². The van der Waals surface area contributed by atoms with Crippen molar-refractivity contribution in [2.45, 2.75) is 24.8 Å². The molecule has 0 aliphatic carbocycles. The van der Waals surface area contributed by atoms with Gasteiger partial charge in [-0.25, -0.2) is 0 Å². The van der Waals surface area contributed by atoms with E-state index in [0.717, 1.165) is 15.6 Å². The summed E-state index contributed by atoms with van der Waals surface area (Å²) in [7, 11) is 1.90. The molecule has 0 aliphatic rings. The van der Waals surface area contributed by atoms with Gasteiger partial charge in [-0.3, -0.25) is 9.52 Å². The van der Waals surface area contributed by atoms with Gasteiger partial charge in [0.1, 0.15) is 28.8 Å². The van der Waals surface area contributed by atoms with Gasteiger partial charge in [0, 0.05) is 36.0 Å². The normalized spacial score (nSPS) is 11.5. The molecular weight excluding hydrogens is 548 g/mol. The van der Waals surface area contributed by atoms with Crippen LogP contribution in [-0.4, -0.2) is 44.7 Å². The van der Waals surface area contributed by atoms with E-state index in [1.54, 1.807) is 60.5 Å². The highest BCUT2D eigenvalue weighted by Gasteiger charge is 2.34. The number of nitrogens with zero attached hydrogens (tertiary/aromatic N) is 4. The summed E-state index contributed by atoms with van der Waals surface area (Å²) in [6.07, 6.45) is 4.15. The van der Waals surface area contributed by atoms with Crippen LogP contribution < -0.4 is 18.7 Å². The third-order valence-corrected chi connectivity index (χ3v) is 8.22. The van der Waals surface area contributed by atoms with Crippen LogP contribution in [0.25, 0.3) is 22.1 Å². The van der Waals surface area contributed by atoms with Crippen molar-refractivity contribution in [2.75, 3.05) is 25.8 Å². The number of rotatable bonds is 11. The van der Waals surface area contributed by atoms with Crippen molar-refractivity contribution in [3.8, 4) is 28.4 Å². The lowest BCUT2D eigenvalue weighted by molar-refractivity contribution is 0.130. The Morgan fingerprint density at radius 3 is 2.46 bits per heavy atom. The minimum Gasteiger partial charge on any atom is -0.497 e. The molecule has 0 spiro atoms. The average Bonchev–Trinajstić information content (AvgIpc) is 3.63. The number of ether oxygens (including phenoxy) is 3. The van der Waals surface area contributed by atoms with Gasteiger partial charge in [-0.05, 0) is 42.3 Å². The van der Waals surface area contributed by atoms with Gasteiger partial charge >= 0.3 is 0 Å². The Labute approximate surface area is 237 Å². The second kappa shape index (κ2) is 11.5. The second-order valence-electron chi connectivity index (χ2n) is 9.11. The summed E-state index contributed by atoms with van der Waals surface area (Å²) in [6.45, 7) is 1.77. The molecule has 2 aromatic heterocycles. The van der Waals surface area contributed by atoms with E-state index >= 15 is 0 Å². The van der Waals surface area contributed by atoms with Crippen LogP contribution in [0.2, 0.25) is 0 Å². The van der Waals surface area contributed by atoms with Crippen LogP contribution >= 0.6 is 0 Å². The maximum absolute atomic E-state index is 14.3. The molecule has 0 unspecified atom stereocenters. The minimum absolute atomic E-state index is 0.0397. The molecular formula is C29H30N4O7S. The first-order chi connectivity index (χ1) is 19.8. The molecule has 0 radical (unpaired) electrons. The Morgan fingerprint density at radius 2 is 1.78 bits per heavy atom. The van der Waals surface area contributed by atoms with Crippen molar-refractivity contribution < 1.29 is 32.0 Å². The fourth-order valence-electron chi connectivity index (χ4n) is 4.44. The number of fused-ring (bicyclic) bond motifs is 1. The molecule has 5 rings (SSSR count). The molecule has 11 nitrogen and oxygen atoms in total. The van der Waals surface area contributed by atoms with Crippen molar-refractivity contribution in [2.24, 2.45) is 7.05 Å². The van der Waals surface area contributed by atoms with Crippen LogP contribution in [0.4, 0.5) is 5.82 Å². The minimum atomic E-state index is -4.39. The van der Waals surface area contributed by atoms with E-state index in [2.05, 4.69) is 10.3 Å². The van der Waals surface area contributed by atoms with Crippen molar-refractivity contribution >= 4 is 26.8 Å². The number of para-hydroxylation sites is 1. The lowest BCUT2D eigenvalue weighted by Gasteiger charge is -2.23. The number of anilines is 1. The van der Waals surface area contributed by atoms with Crippen LogP contribution in [0.3, 0.4) is 0 Å². The molecule has 2 heterocycles. The molecule has 0 bridgehead atoms. The lowest BCUT2D eigenvalue weighted by atomic mass is 10.1. The van der Waals surface area contributed by atoms with Gasteiger partial charge in [-0.1, -0.05) is 30.3 Å². The highest BCUT2D eigenvalue weighted by atomic mass is 32.2. The van der Waals surface area contributed by atoms with Gasteiger partial charge in [0.2, 0.25) is 5.82 Å². The quantitative estimate of drug-likeness (QED) is 0.196. The number of hydrogen-bond donors (Lipinski definition) is 0. The summed E-state index contributed by atoms with van der Waals surface area (Å²) >= 11 is 0. The standard InChI is InChI=1S/C29H30N4O7S/c1-6-19-10-13-25(37-4)27(14-19)41(34,35)33(39-18-20-11-12-22(36-3)15-26(20)38-5)29-24-9-7-8-23(28(24)40-31-29)21-16-30-32(2)17-21/h7-17H,6,18H2,1-5H3. The summed E-state index contributed by atoms with van der Waals surface area (Å²) in [5, 5.41) is 8.86. The molecule has 0 fully saturated rings. The first kappa shape index (κ1) is 28.0. The summed E-state index contributed by atoms with van der Waals surface area (Å²) < 4.78 is 53.1. The van der Waals surface area contributed by atoms with E-state index < -0.39 is 10.0 Å².